The second kappa shape index (κ2) is 20.3. The van der Waals surface area contributed by atoms with E-state index in [-0.39, 0.29) is 23.6 Å². The number of rotatable bonds is 9. The molecule has 0 aromatic rings. The molecule has 1 atom stereocenters. The van der Waals surface area contributed by atoms with Gasteiger partial charge in [-0.1, -0.05) is 23.8 Å². The minimum Gasteiger partial charge on any atom is -0.455 e. The fourth-order valence-electron chi connectivity index (χ4n) is 5.89. The van der Waals surface area contributed by atoms with Gasteiger partial charge in [-0.25, -0.2) is 19.2 Å². The van der Waals surface area contributed by atoms with Crippen LogP contribution in [-0.4, -0.2) is 181 Å². The molecule has 4 aliphatic heterocycles. The van der Waals surface area contributed by atoms with E-state index < -0.39 is 87.0 Å². The maximum atomic E-state index is 12.1. The number of nitrogens with one attached hydrogen (secondary N) is 4. The molecule has 4 rings (SSSR count). The van der Waals surface area contributed by atoms with Gasteiger partial charge in [0, 0.05) is 55.9 Å². The lowest BCUT2D eigenvalue weighted by Crippen LogP contribution is -2.76. The quantitative estimate of drug-likeness (QED) is 0.0574. The zero-order chi connectivity index (χ0) is 50.4. The summed E-state index contributed by atoms with van der Waals surface area (Å²) in [7, 11) is 8.09. The number of esters is 3. The molecule has 4 saturated heterocycles. The molecule has 362 valence electrons. The van der Waals surface area contributed by atoms with Crippen LogP contribution in [0.4, 0.5) is 4.79 Å². The van der Waals surface area contributed by atoms with Crippen LogP contribution in [0.15, 0.2) is 22.6 Å². The van der Waals surface area contributed by atoms with E-state index in [2.05, 4.69) is 26.6 Å². The number of cyclic esters (lactones) is 3. The summed E-state index contributed by atoms with van der Waals surface area (Å²) < 4.78 is 19.9. The first kappa shape index (κ1) is 56.1. The Morgan fingerprint density at radius 1 is 0.594 bits per heavy atom. The SMILES string of the molecule is C=C1OC(C)(C)OC(=O)C1(C)NO.CCC1(NO)C(=O)N(C)C(C)(C)N(C)C1=O.CO/N=C(\C)C1(NO)C(=O)N(C)C(=O)N(C)C1=O.CO/N=C(\C)C1(NO)C(=O)OC(C)(C)OC1=O. The highest BCUT2D eigenvalue weighted by atomic mass is 16.8. The zero-order valence-electron chi connectivity index (χ0n) is 38.6. The van der Waals surface area contributed by atoms with Crippen molar-refractivity contribution in [3.8, 4) is 0 Å². The van der Waals surface area contributed by atoms with Gasteiger partial charge in [-0.15, -0.1) is 0 Å². The van der Waals surface area contributed by atoms with Gasteiger partial charge in [-0.05, 0) is 41.0 Å². The average Bonchev–Trinajstić information content (AvgIpc) is 3.21. The Bertz CT molecular complexity index is 1840. The van der Waals surface area contributed by atoms with E-state index >= 15 is 0 Å². The standard InChI is InChI=1S/C10H19N3O3.C9H14N4O5.C9H14N2O6.C8H13NO4/c1-6-10(11-16)7(14)12(4)9(2,3)13(5)8(10)15;1-5(10-18-4)9(11-17)6(14)12(2)8(16)13(3)7(9)15;1-5(10-15-4)9(11-14)6(12)16-8(2,3)17-7(9)13;1-5-8(4,9-11)6(10)13-7(2,3)12-5/h11,16H,6H2,1-5H3;11,17H,1-4H3;11,14H,1-4H3;9,11H,1H2,2-4H3/b;2*10-5+;. The molecule has 0 spiro atoms. The van der Waals surface area contributed by atoms with Crippen molar-refractivity contribution in [3.63, 3.8) is 0 Å². The smallest absolute Gasteiger partial charge is 0.349 e. The molecule has 1 unspecified atom stereocenters. The molecule has 0 bridgehead atoms. The van der Waals surface area contributed by atoms with E-state index in [4.69, 9.17) is 34.6 Å². The topological polar surface area (TPSA) is 359 Å². The number of imide groups is 2. The van der Waals surface area contributed by atoms with Gasteiger partial charge < -0.3 is 59.3 Å². The molecule has 0 aromatic carbocycles. The largest absolute Gasteiger partial charge is 0.455 e. The third-order valence-electron chi connectivity index (χ3n) is 10.6. The van der Waals surface area contributed by atoms with Crippen molar-refractivity contribution in [1.29, 1.82) is 0 Å². The molecule has 64 heavy (non-hydrogen) atoms. The van der Waals surface area contributed by atoms with Crippen LogP contribution < -0.4 is 21.9 Å². The molecular formula is C36H60N10O18. The molecule has 4 aliphatic rings. The lowest BCUT2D eigenvalue weighted by Gasteiger charge is -2.52. The summed E-state index contributed by atoms with van der Waals surface area (Å²) in [6.07, 6.45) is 0.200. The van der Waals surface area contributed by atoms with Crippen LogP contribution in [0.3, 0.4) is 0 Å². The number of amides is 6. The number of hydrogen-bond donors (Lipinski definition) is 8. The molecule has 0 aromatic heterocycles. The molecule has 0 aliphatic carbocycles. The van der Waals surface area contributed by atoms with Gasteiger partial charge in [0.15, 0.2) is 11.1 Å². The maximum Gasteiger partial charge on any atom is 0.349 e. The normalized spacial score (nSPS) is 24.3. The molecule has 28 nitrogen and oxygen atoms in total. The van der Waals surface area contributed by atoms with Crippen LogP contribution >= 0.6 is 0 Å². The fourth-order valence-corrected chi connectivity index (χ4v) is 5.89. The first-order chi connectivity index (χ1) is 29.2. The van der Waals surface area contributed by atoms with Gasteiger partial charge in [0.1, 0.15) is 25.6 Å². The summed E-state index contributed by atoms with van der Waals surface area (Å²) in [5, 5.41) is 43.1. The Labute approximate surface area is 368 Å². The van der Waals surface area contributed by atoms with Crippen molar-refractivity contribution >= 4 is 59.0 Å². The minimum absolute atomic E-state index is 0.117. The first-order valence-corrected chi connectivity index (χ1v) is 18.8. The molecular weight excluding hydrogens is 860 g/mol. The number of carbonyl (C=O) groups is 8. The Morgan fingerprint density at radius 2 is 0.953 bits per heavy atom. The number of ether oxygens (including phenoxy) is 4. The number of hydrogen-bond acceptors (Lipinski definition) is 24. The van der Waals surface area contributed by atoms with Gasteiger partial charge >= 0.3 is 23.9 Å². The molecule has 6 amide bonds. The number of nitrogens with zero attached hydrogens (tertiary/aromatic N) is 6. The lowest BCUT2D eigenvalue weighted by atomic mass is 9.88. The number of likely N-dealkylation sites (N-methyl/N-ethyl adjacent to an activating group) is 4. The second-order valence-electron chi connectivity index (χ2n) is 15.8. The van der Waals surface area contributed by atoms with Crippen molar-refractivity contribution in [3.05, 3.63) is 12.3 Å². The molecule has 0 radical (unpaired) electrons. The number of urea groups is 1. The summed E-state index contributed by atoms with van der Waals surface area (Å²) in [5.74, 6) is -7.61. The number of carbonyl (C=O) groups excluding carboxylic acids is 8. The lowest BCUT2D eigenvalue weighted by molar-refractivity contribution is -0.244. The van der Waals surface area contributed by atoms with E-state index in [1.165, 1.54) is 72.7 Å². The van der Waals surface area contributed by atoms with Gasteiger partial charge in [0.2, 0.25) is 11.3 Å². The third kappa shape index (κ3) is 9.92. The molecule has 0 saturated carbocycles. The van der Waals surface area contributed by atoms with Crippen LogP contribution in [0.25, 0.3) is 0 Å². The Balaban J connectivity index is 0.000000429. The van der Waals surface area contributed by atoms with Crippen LogP contribution in [0.5, 0.6) is 0 Å². The molecule has 8 N–H and O–H groups in total. The first-order valence-electron chi connectivity index (χ1n) is 18.8. The van der Waals surface area contributed by atoms with E-state index in [9.17, 15) is 43.6 Å². The van der Waals surface area contributed by atoms with Crippen molar-refractivity contribution < 1.29 is 87.8 Å². The number of oxime groups is 2. The molecule has 4 heterocycles. The monoisotopic (exact) mass is 920 g/mol. The molecule has 4 fully saturated rings. The Morgan fingerprint density at radius 3 is 1.27 bits per heavy atom. The van der Waals surface area contributed by atoms with Crippen molar-refractivity contribution in [1.82, 2.24) is 41.5 Å². The highest BCUT2D eigenvalue weighted by Gasteiger charge is 2.61. The number of hydroxylamine groups is 4. The highest BCUT2D eigenvalue weighted by Crippen LogP contribution is 2.33. The van der Waals surface area contributed by atoms with Crippen LogP contribution in [0.1, 0.15) is 75.7 Å². The second-order valence-corrected chi connectivity index (χ2v) is 15.8. The van der Waals surface area contributed by atoms with Crippen molar-refractivity contribution in [2.45, 2.75) is 115 Å². The summed E-state index contributed by atoms with van der Waals surface area (Å²) in [4.78, 5) is 108. The average molecular weight is 921 g/mol. The Kier molecular flexibility index (Phi) is 17.8. The van der Waals surface area contributed by atoms with E-state index in [0.29, 0.717) is 9.80 Å². The van der Waals surface area contributed by atoms with Gasteiger partial charge in [-0.3, -0.25) is 29.0 Å². The summed E-state index contributed by atoms with van der Waals surface area (Å²) in [5.41, 5.74) is -1.28. The van der Waals surface area contributed by atoms with E-state index in [1.54, 1.807) is 59.7 Å². The van der Waals surface area contributed by atoms with E-state index in [0.717, 1.165) is 0 Å². The van der Waals surface area contributed by atoms with Gasteiger partial charge in [0.05, 0.1) is 11.4 Å². The predicted molar refractivity (Wildman–Crippen MR) is 214 cm³/mol. The van der Waals surface area contributed by atoms with Crippen molar-refractivity contribution in [2.24, 2.45) is 10.3 Å². The third-order valence-corrected chi connectivity index (χ3v) is 10.6. The van der Waals surface area contributed by atoms with Gasteiger partial charge in [-0.2, -0.15) is 21.9 Å². The van der Waals surface area contributed by atoms with Crippen molar-refractivity contribution in [2.75, 3.05) is 42.4 Å². The van der Waals surface area contributed by atoms with Crippen LogP contribution in [-0.2, 0) is 62.2 Å². The zero-order valence-corrected chi connectivity index (χ0v) is 38.6. The Hall–Kier alpha value is -5.88. The predicted octanol–water partition coefficient (Wildman–Crippen LogP) is -1.33. The highest BCUT2D eigenvalue weighted by molar-refractivity contribution is 6.35. The summed E-state index contributed by atoms with van der Waals surface area (Å²) >= 11 is 0. The van der Waals surface area contributed by atoms with Gasteiger partial charge in [0.25, 0.3) is 35.0 Å². The summed E-state index contributed by atoms with van der Waals surface area (Å²) in [6, 6.07) is -0.791. The molecule has 28 heteroatoms. The van der Waals surface area contributed by atoms with Crippen LogP contribution in [0.2, 0.25) is 0 Å². The minimum atomic E-state index is -2.19. The fraction of sp³-hybridized carbons (Fsp3) is 0.667. The maximum absolute atomic E-state index is 12.1. The van der Waals surface area contributed by atoms with Crippen LogP contribution in [0, 0.1) is 0 Å². The van der Waals surface area contributed by atoms with E-state index in [1.807, 2.05) is 11.0 Å². The number of barbiturate groups is 1. The summed E-state index contributed by atoms with van der Waals surface area (Å²) in [6.45, 7) is 18.8.